The summed E-state index contributed by atoms with van der Waals surface area (Å²) in [5.74, 6) is 0.925. The normalized spacial score (nSPS) is 12.5. The van der Waals surface area contributed by atoms with E-state index >= 15 is 0 Å². The molecule has 96 valence electrons. The SMILES string of the molecule is CCOc1ccc(CC)cc1CCC(O)CN. The fraction of sp³-hybridized carbons (Fsp3) is 0.571. The first-order chi connectivity index (χ1) is 8.21. The fourth-order valence-corrected chi connectivity index (χ4v) is 1.78. The molecule has 0 aliphatic rings. The Labute approximate surface area is 104 Å². The third-order valence-electron chi connectivity index (χ3n) is 2.85. The first-order valence-electron chi connectivity index (χ1n) is 6.34. The van der Waals surface area contributed by atoms with Crippen LogP contribution in [0.15, 0.2) is 18.2 Å². The van der Waals surface area contributed by atoms with E-state index in [9.17, 15) is 5.11 Å². The molecule has 0 aliphatic carbocycles. The number of aliphatic hydroxyl groups excluding tert-OH is 1. The molecule has 3 heteroatoms. The number of aliphatic hydroxyl groups is 1. The highest BCUT2D eigenvalue weighted by Gasteiger charge is 2.07. The Morgan fingerprint density at radius 1 is 1.35 bits per heavy atom. The minimum absolute atomic E-state index is 0.317. The van der Waals surface area contributed by atoms with Crippen LogP contribution in [0.4, 0.5) is 0 Å². The van der Waals surface area contributed by atoms with Gasteiger partial charge in [-0.05, 0) is 43.4 Å². The van der Waals surface area contributed by atoms with Crippen molar-refractivity contribution < 1.29 is 9.84 Å². The van der Waals surface area contributed by atoms with Crippen molar-refractivity contribution in [2.45, 2.75) is 39.2 Å². The quantitative estimate of drug-likeness (QED) is 0.761. The number of aryl methyl sites for hydroxylation is 2. The van der Waals surface area contributed by atoms with E-state index in [1.807, 2.05) is 13.0 Å². The van der Waals surface area contributed by atoms with E-state index in [1.54, 1.807) is 0 Å². The molecule has 3 N–H and O–H groups in total. The lowest BCUT2D eigenvalue weighted by molar-refractivity contribution is 0.172. The van der Waals surface area contributed by atoms with Crippen LogP contribution in [0.25, 0.3) is 0 Å². The van der Waals surface area contributed by atoms with Crippen molar-refractivity contribution in [3.8, 4) is 5.75 Å². The van der Waals surface area contributed by atoms with Gasteiger partial charge < -0.3 is 15.6 Å². The van der Waals surface area contributed by atoms with Gasteiger partial charge in [-0.25, -0.2) is 0 Å². The lowest BCUT2D eigenvalue weighted by Gasteiger charge is -2.13. The van der Waals surface area contributed by atoms with Crippen molar-refractivity contribution in [2.75, 3.05) is 13.2 Å². The maximum atomic E-state index is 9.50. The molecule has 0 aromatic heterocycles. The molecule has 0 heterocycles. The number of hydrogen-bond acceptors (Lipinski definition) is 3. The van der Waals surface area contributed by atoms with Gasteiger partial charge in [-0.2, -0.15) is 0 Å². The molecule has 1 unspecified atom stereocenters. The Bertz CT molecular complexity index is 339. The number of benzene rings is 1. The molecule has 1 aromatic carbocycles. The van der Waals surface area contributed by atoms with Crippen LogP contribution in [0, 0.1) is 0 Å². The summed E-state index contributed by atoms with van der Waals surface area (Å²) in [6.07, 6.45) is 2.08. The molecule has 1 rings (SSSR count). The summed E-state index contributed by atoms with van der Waals surface area (Å²) in [6, 6.07) is 6.27. The van der Waals surface area contributed by atoms with Crippen molar-refractivity contribution >= 4 is 0 Å². The zero-order valence-electron chi connectivity index (χ0n) is 10.8. The minimum Gasteiger partial charge on any atom is -0.494 e. The topological polar surface area (TPSA) is 55.5 Å². The maximum Gasteiger partial charge on any atom is 0.122 e. The van der Waals surface area contributed by atoms with Crippen molar-refractivity contribution in [3.63, 3.8) is 0 Å². The van der Waals surface area contributed by atoms with Crippen molar-refractivity contribution in [3.05, 3.63) is 29.3 Å². The zero-order chi connectivity index (χ0) is 12.7. The molecule has 1 aromatic rings. The highest BCUT2D eigenvalue weighted by atomic mass is 16.5. The molecule has 1 atom stereocenters. The number of rotatable bonds is 7. The second-order valence-electron chi connectivity index (χ2n) is 4.16. The first-order valence-corrected chi connectivity index (χ1v) is 6.34. The molecule has 0 fully saturated rings. The van der Waals surface area contributed by atoms with Gasteiger partial charge in [-0.1, -0.05) is 19.1 Å². The van der Waals surface area contributed by atoms with Gasteiger partial charge in [0.05, 0.1) is 12.7 Å². The van der Waals surface area contributed by atoms with Crippen molar-refractivity contribution in [2.24, 2.45) is 5.73 Å². The smallest absolute Gasteiger partial charge is 0.122 e. The van der Waals surface area contributed by atoms with Crippen LogP contribution in [0.1, 0.15) is 31.4 Å². The van der Waals surface area contributed by atoms with E-state index in [0.29, 0.717) is 19.6 Å². The Hall–Kier alpha value is -1.06. The predicted molar refractivity (Wildman–Crippen MR) is 70.4 cm³/mol. The van der Waals surface area contributed by atoms with Crippen LogP contribution in [0.2, 0.25) is 0 Å². The Kier molecular flexibility index (Phi) is 6.01. The summed E-state index contributed by atoms with van der Waals surface area (Å²) in [7, 11) is 0. The van der Waals surface area contributed by atoms with E-state index in [-0.39, 0.29) is 0 Å². The highest BCUT2D eigenvalue weighted by Crippen LogP contribution is 2.22. The van der Waals surface area contributed by atoms with E-state index < -0.39 is 6.10 Å². The molecular formula is C14H23NO2. The van der Waals surface area contributed by atoms with Crippen LogP contribution >= 0.6 is 0 Å². The molecule has 17 heavy (non-hydrogen) atoms. The summed E-state index contributed by atoms with van der Waals surface area (Å²) in [5.41, 5.74) is 7.87. The van der Waals surface area contributed by atoms with Crippen LogP contribution in [0.3, 0.4) is 0 Å². The first kappa shape index (κ1) is 14.0. The minimum atomic E-state index is -0.422. The third-order valence-corrected chi connectivity index (χ3v) is 2.85. The summed E-state index contributed by atoms with van der Waals surface area (Å²) in [4.78, 5) is 0. The van der Waals surface area contributed by atoms with Gasteiger partial charge in [-0.3, -0.25) is 0 Å². The van der Waals surface area contributed by atoms with Crippen molar-refractivity contribution in [1.82, 2.24) is 0 Å². The summed E-state index contributed by atoms with van der Waals surface area (Å²) in [6.45, 7) is 5.09. The monoisotopic (exact) mass is 237 g/mol. The molecule has 3 nitrogen and oxygen atoms in total. The average Bonchev–Trinajstić information content (AvgIpc) is 2.37. The van der Waals surface area contributed by atoms with Crippen molar-refractivity contribution in [1.29, 1.82) is 0 Å². The largest absolute Gasteiger partial charge is 0.494 e. The predicted octanol–water partition coefficient (Wildman–Crippen LogP) is 1.90. The number of nitrogens with two attached hydrogens (primary N) is 1. The van der Waals surface area contributed by atoms with E-state index in [4.69, 9.17) is 10.5 Å². The third kappa shape index (κ3) is 4.36. The summed E-state index contributed by atoms with van der Waals surface area (Å²) >= 11 is 0. The van der Waals surface area contributed by atoms with Crippen LogP contribution < -0.4 is 10.5 Å². The maximum absolute atomic E-state index is 9.50. The number of hydrogen-bond donors (Lipinski definition) is 2. The molecule has 0 amide bonds. The Morgan fingerprint density at radius 3 is 2.71 bits per heavy atom. The molecule has 0 spiro atoms. The molecular weight excluding hydrogens is 214 g/mol. The molecule has 0 aliphatic heterocycles. The second kappa shape index (κ2) is 7.30. The van der Waals surface area contributed by atoms with Gasteiger partial charge in [0.1, 0.15) is 5.75 Å². The molecule has 0 radical (unpaired) electrons. The second-order valence-corrected chi connectivity index (χ2v) is 4.16. The fourth-order valence-electron chi connectivity index (χ4n) is 1.78. The van der Waals surface area contributed by atoms with Gasteiger partial charge in [0.2, 0.25) is 0 Å². The molecule has 0 bridgehead atoms. The Balaban J connectivity index is 2.77. The van der Waals surface area contributed by atoms with Gasteiger partial charge in [0.25, 0.3) is 0 Å². The highest BCUT2D eigenvalue weighted by molar-refractivity contribution is 5.37. The van der Waals surface area contributed by atoms with Crippen LogP contribution in [0.5, 0.6) is 5.75 Å². The lowest BCUT2D eigenvalue weighted by Crippen LogP contribution is -2.20. The summed E-state index contributed by atoms with van der Waals surface area (Å²) < 4.78 is 5.59. The molecule has 0 saturated carbocycles. The lowest BCUT2D eigenvalue weighted by atomic mass is 10.0. The van der Waals surface area contributed by atoms with E-state index in [0.717, 1.165) is 18.6 Å². The van der Waals surface area contributed by atoms with Gasteiger partial charge in [0.15, 0.2) is 0 Å². The number of ether oxygens (including phenoxy) is 1. The standard InChI is InChI=1S/C14H23NO2/c1-3-11-5-8-14(17-4-2)12(9-11)6-7-13(16)10-15/h5,8-9,13,16H,3-4,6-7,10,15H2,1-2H3. The summed E-state index contributed by atoms with van der Waals surface area (Å²) in [5, 5.41) is 9.50. The van der Waals surface area contributed by atoms with E-state index in [1.165, 1.54) is 11.1 Å². The Morgan fingerprint density at radius 2 is 2.12 bits per heavy atom. The van der Waals surface area contributed by atoms with Gasteiger partial charge in [0, 0.05) is 6.54 Å². The molecule has 0 saturated heterocycles. The van der Waals surface area contributed by atoms with Gasteiger partial charge >= 0.3 is 0 Å². The van der Waals surface area contributed by atoms with E-state index in [2.05, 4.69) is 19.1 Å². The zero-order valence-corrected chi connectivity index (χ0v) is 10.8. The van der Waals surface area contributed by atoms with Crippen LogP contribution in [-0.4, -0.2) is 24.4 Å². The average molecular weight is 237 g/mol. The van der Waals surface area contributed by atoms with Gasteiger partial charge in [-0.15, -0.1) is 0 Å². The van der Waals surface area contributed by atoms with Crippen LogP contribution in [-0.2, 0) is 12.8 Å².